The van der Waals surface area contributed by atoms with Crippen molar-refractivity contribution >= 4 is 28.7 Å². The predicted molar refractivity (Wildman–Crippen MR) is 103 cm³/mol. The highest BCUT2D eigenvalue weighted by Gasteiger charge is 2.09. The number of ether oxygens (including phenoxy) is 1. The van der Waals surface area contributed by atoms with Crippen molar-refractivity contribution < 1.29 is 14.5 Å². The zero-order chi connectivity index (χ0) is 19.8. The highest BCUT2D eigenvalue weighted by molar-refractivity contribution is 5.87. The number of nitro groups is 1. The number of nitrogens with zero attached hydrogens (tertiary/aromatic N) is 4. The van der Waals surface area contributed by atoms with E-state index in [9.17, 15) is 14.9 Å². The molecule has 0 amide bonds. The molecule has 0 saturated carbocycles. The number of rotatable bonds is 8. The summed E-state index contributed by atoms with van der Waals surface area (Å²) < 4.78 is 5.17. The molecule has 0 unspecified atom stereocenters. The van der Waals surface area contributed by atoms with Gasteiger partial charge in [0.2, 0.25) is 0 Å². The first-order valence-corrected chi connectivity index (χ1v) is 8.24. The monoisotopic (exact) mass is 368 g/mol. The van der Waals surface area contributed by atoms with Gasteiger partial charge in [-0.25, -0.2) is 4.79 Å². The first-order valence-electron chi connectivity index (χ1n) is 8.24. The molecule has 27 heavy (non-hydrogen) atoms. The summed E-state index contributed by atoms with van der Waals surface area (Å²) in [5.74, 6) is -0.429. The van der Waals surface area contributed by atoms with E-state index in [0.29, 0.717) is 23.5 Å². The summed E-state index contributed by atoms with van der Waals surface area (Å²) in [6.07, 6.45) is 0. The Hall–Kier alpha value is -3.55. The number of nitro benzene ring substituents is 1. The second-order valence-electron chi connectivity index (χ2n) is 5.69. The van der Waals surface area contributed by atoms with Gasteiger partial charge in [0.1, 0.15) is 0 Å². The molecular formula is C19H20N4O4. The zero-order valence-corrected chi connectivity index (χ0v) is 15.2. The van der Waals surface area contributed by atoms with Crippen LogP contribution in [0.3, 0.4) is 0 Å². The molecule has 0 radical (unpaired) electrons. The zero-order valence-electron chi connectivity index (χ0n) is 15.2. The van der Waals surface area contributed by atoms with Crippen LogP contribution in [0.2, 0.25) is 0 Å². The van der Waals surface area contributed by atoms with Gasteiger partial charge in [0.05, 0.1) is 16.3 Å². The molecule has 2 aromatic carbocycles. The highest BCUT2D eigenvalue weighted by atomic mass is 16.6. The maximum Gasteiger partial charge on any atom is 0.334 e. The molecule has 0 fully saturated rings. The van der Waals surface area contributed by atoms with Crippen LogP contribution in [-0.2, 0) is 9.53 Å². The van der Waals surface area contributed by atoms with Gasteiger partial charge < -0.3 is 9.64 Å². The van der Waals surface area contributed by atoms with Crippen LogP contribution in [0.5, 0.6) is 0 Å². The maximum atomic E-state index is 11.5. The Bertz CT molecular complexity index is 845. The quantitative estimate of drug-likeness (QED) is 0.165. The summed E-state index contributed by atoms with van der Waals surface area (Å²) in [4.78, 5) is 23.6. The van der Waals surface area contributed by atoms with Crippen molar-refractivity contribution in [3.63, 3.8) is 0 Å². The van der Waals surface area contributed by atoms with Gasteiger partial charge in [-0.3, -0.25) is 10.1 Å². The Morgan fingerprint density at radius 3 is 2.07 bits per heavy atom. The van der Waals surface area contributed by atoms with E-state index in [1.54, 1.807) is 19.1 Å². The van der Waals surface area contributed by atoms with Gasteiger partial charge in [0.25, 0.3) is 5.69 Å². The lowest BCUT2D eigenvalue weighted by Gasteiger charge is -2.22. The van der Waals surface area contributed by atoms with Gasteiger partial charge in [-0.2, -0.15) is 10.2 Å². The fraction of sp³-hybridized carbons (Fsp3) is 0.211. The van der Waals surface area contributed by atoms with E-state index < -0.39 is 10.9 Å². The first kappa shape index (κ1) is 19.8. The summed E-state index contributed by atoms with van der Waals surface area (Å²) in [5, 5.41) is 18.8. The molecule has 0 aliphatic carbocycles. The second-order valence-corrected chi connectivity index (χ2v) is 5.69. The Labute approximate surface area is 156 Å². The molecule has 2 aromatic rings. The van der Waals surface area contributed by atoms with Gasteiger partial charge >= 0.3 is 5.97 Å². The Morgan fingerprint density at radius 1 is 1.11 bits per heavy atom. The van der Waals surface area contributed by atoms with Crippen molar-refractivity contribution in [1.82, 2.24) is 0 Å². The molecule has 0 bridgehead atoms. The highest BCUT2D eigenvalue weighted by Crippen LogP contribution is 2.23. The van der Waals surface area contributed by atoms with Crippen molar-refractivity contribution in [2.75, 3.05) is 18.2 Å². The number of non-ortho nitro benzene ring substituents is 1. The molecule has 0 spiro atoms. The van der Waals surface area contributed by atoms with E-state index in [0.717, 1.165) is 5.69 Å². The number of hydrogen-bond acceptors (Lipinski definition) is 7. The molecule has 0 atom stereocenters. The lowest BCUT2D eigenvalue weighted by atomic mass is 10.2. The maximum absolute atomic E-state index is 11.5. The molecule has 0 aliphatic heterocycles. The van der Waals surface area contributed by atoms with E-state index in [-0.39, 0.29) is 12.4 Å². The Kier molecular flexibility index (Phi) is 6.76. The predicted octanol–water partition coefficient (Wildman–Crippen LogP) is 4.91. The van der Waals surface area contributed by atoms with E-state index >= 15 is 0 Å². The fourth-order valence-corrected chi connectivity index (χ4v) is 2.09. The smallest absolute Gasteiger partial charge is 0.334 e. The Morgan fingerprint density at radius 2 is 1.63 bits per heavy atom. The van der Waals surface area contributed by atoms with Gasteiger partial charge in [-0.15, -0.1) is 0 Å². The number of carbonyl (C=O) groups is 1. The lowest BCUT2D eigenvalue weighted by molar-refractivity contribution is -0.384. The van der Waals surface area contributed by atoms with E-state index in [2.05, 4.69) is 16.8 Å². The number of azo groups is 1. The van der Waals surface area contributed by atoms with Gasteiger partial charge in [-0.1, -0.05) is 6.58 Å². The van der Waals surface area contributed by atoms with Crippen LogP contribution in [0.4, 0.5) is 22.7 Å². The SMILES string of the molecule is C=C(C)C(=O)OCN(CC)c1ccc(N=Nc2ccc([N+](=O)[O-])cc2)cc1. The number of esters is 1. The van der Waals surface area contributed by atoms with Crippen molar-refractivity contribution in [1.29, 1.82) is 0 Å². The molecule has 140 valence electrons. The number of benzene rings is 2. The summed E-state index contributed by atoms with van der Waals surface area (Å²) >= 11 is 0. The fourth-order valence-electron chi connectivity index (χ4n) is 2.09. The lowest BCUT2D eigenvalue weighted by Crippen LogP contribution is -2.27. The number of carbonyl (C=O) groups excluding carboxylic acids is 1. The summed E-state index contributed by atoms with van der Waals surface area (Å²) in [5.41, 5.74) is 2.39. The van der Waals surface area contributed by atoms with E-state index in [1.165, 1.54) is 24.3 Å². The van der Waals surface area contributed by atoms with Crippen LogP contribution < -0.4 is 4.90 Å². The minimum atomic E-state index is -0.465. The topological polar surface area (TPSA) is 97.4 Å². The summed E-state index contributed by atoms with van der Waals surface area (Å²) in [7, 11) is 0. The molecule has 0 N–H and O–H groups in total. The van der Waals surface area contributed by atoms with Gasteiger partial charge in [0, 0.05) is 29.9 Å². The largest absolute Gasteiger partial charge is 0.441 e. The number of anilines is 1. The average molecular weight is 368 g/mol. The number of hydrogen-bond donors (Lipinski definition) is 0. The first-order chi connectivity index (χ1) is 12.9. The Balaban J connectivity index is 2.01. The van der Waals surface area contributed by atoms with Crippen LogP contribution in [0.15, 0.2) is 70.9 Å². The molecule has 0 aliphatic rings. The van der Waals surface area contributed by atoms with E-state index in [1.807, 2.05) is 24.0 Å². The molecule has 8 heteroatoms. The van der Waals surface area contributed by atoms with Gasteiger partial charge in [-0.05, 0) is 50.2 Å². The molecular weight excluding hydrogens is 348 g/mol. The molecule has 0 heterocycles. The molecule has 2 rings (SSSR count). The molecule has 8 nitrogen and oxygen atoms in total. The minimum Gasteiger partial charge on any atom is -0.441 e. The summed E-state index contributed by atoms with van der Waals surface area (Å²) in [6, 6.07) is 13.1. The normalized spacial score (nSPS) is 10.6. The van der Waals surface area contributed by atoms with Crippen molar-refractivity contribution in [2.45, 2.75) is 13.8 Å². The van der Waals surface area contributed by atoms with Crippen molar-refractivity contribution in [3.8, 4) is 0 Å². The third kappa shape index (κ3) is 5.74. The minimum absolute atomic E-state index is 0.00492. The van der Waals surface area contributed by atoms with Crippen molar-refractivity contribution in [2.24, 2.45) is 10.2 Å². The van der Waals surface area contributed by atoms with E-state index in [4.69, 9.17) is 4.74 Å². The standard InChI is InChI=1S/C19H20N4O4/c1-4-22(13-27-19(24)14(2)3)17-9-5-15(6-10-17)20-21-16-7-11-18(12-8-16)23(25)26/h5-12H,2,4,13H2,1,3H3. The van der Waals surface area contributed by atoms with Crippen LogP contribution in [0.25, 0.3) is 0 Å². The second kappa shape index (κ2) is 9.23. The molecule has 0 aromatic heterocycles. The van der Waals surface area contributed by atoms with Crippen LogP contribution in [0.1, 0.15) is 13.8 Å². The van der Waals surface area contributed by atoms with Crippen LogP contribution >= 0.6 is 0 Å². The van der Waals surface area contributed by atoms with Crippen molar-refractivity contribution in [3.05, 3.63) is 70.8 Å². The molecule has 0 saturated heterocycles. The summed E-state index contributed by atoms with van der Waals surface area (Å²) in [6.45, 7) is 7.90. The third-order valence-electron chi connectivity index (χ3n) is 3.64. The van der Waals surface area contributed by atoms with Crippen LogP contribution in [0, 0.1) is 10.1 Å². The van der Waals surface area contributed by atoms with Gasteiger partial charge in [0.15, 0.2) is 6.73 Å². The van der Waals surface area contributed by atoms with Crippen LogP contribution in [-0.4, -0.2) is 24.2 Å². The third-order valence-corrected chi connectivity index (χ3v) is 3.64. The average Bonchev–Trinajstić information content (AvgIpc) is 2.67.